The molecule has 0 heterocycles. The summed E-state index contributed by atoms with van der Waals surface area (Å²) >= 11 is 0. The van der Waals surface area contributed by atoms with Crippen LogP contribution in [0.2, 0.25) is 0 Å². The lowest BCUT2D eigenvalue weighted by Crippen LogP contribution is -2.51. The van der Waals surface area contributed by atoms with Crippen molar-refractivity contribution < 1.29 is 19.1 Å². The molecular formula is C57H104N4O4. The SMILES string of the molecule is CCCCCCCCCCCCCCCCCCCC(=O)NCCCCN(CC(=O)NCCCN)C(=O)O[C@H]1CC[C@@]2(C)C(=CC[C@H]3[C@@H]4CC[C@H]([C@H](C)CCCC(C)C)[C@@]4(C)CC[C@@H]32)C1. The van der Waals surface area contributed by atoms with E-state index in [1.165, 1.54) is 153 Å². The van der Waals surface area contributed by atoms with Gasteiger partial charge < -0.3 is 21.1 Å². The molecule has 3 fully saturated rings. The first-order valence-corrected chi connectivity index (χ1v) is 28.3. The average molecular weight is 909 g/mol. The second-order valence-electron chi connectivity index (χ2n) is 22.9. The van der Waals surface area contributed by atoms with E-state index in [-0.39, 0.29) is 29.9 Å². The zero-order valence-electron chi connectivity index (χ0n) is 43.4. The molecule has 0 bridgehead atoms. The van der Waals surface area contributed by atoms with Gasteiger partial charge in [-0.15, -0.1) is 0 Å². The lowest BCUT2D eigenvalue weighted by Gasteiger charge is -2.58. The van der Waals surface area contributed by atoms with Gasteiger partial charge in [0.15, 0.2) is 0 Å². The van der Waals surface area contributed by atoms with Gasteiger partial charge in [-0.3, -0.25) is 14.5 Å². The zero-order valence-corrected chi connectivity index (χ0v) is 43.4. The third-order valence-corrected chi connectivity index (χ3v) is 17.5. The molecule has 0 radical (unpaired) electrons. The number of nitrogens with two attached hydrogens (primary N) is 1. The number of allylic oxidation sites excluding steroid dienone is 1. The number of rotatable bonds is 34. The van der Waals surface area contributed by atoms with E-state index in [0.29, 0.717) is 50.9 Å². The number of hydrogen-bond donors (Lipinski definition) is 3. The van der Waals surface area contributed by atoms with Gasteiger partial charge in [0.1, 0.15) is 12.6 Å². The molecule has 376 valence electrons. The van der Waals surface area contributed by atoms with Crippen LogP contribution in [0.5, 0.6) is 0 Å². The Morgan fingerprint density at radius 1 is 0.708 bits per heavy atom. The van der Waals surface area contributed by atoms with Crippen LogP contribution in [0.1, 0.15) is 247 Å². The summed E-state index contributed by atoms with van der Waals surface area (Å²) in [4.78, 5) is 40.9. The van der Waals surface area contributed by atoms with E-state index in [1.54, 1.807) is 4.90 Å². The number of unbranched alkanes of at least 4 members (excludes halogenated alkanes) is 17. The van der Waals surface area contributed by atoms with Gasteiger partial charge in [0, 0.05) is 32.5 Å². The number of nitrogens with zero attached hydrogens (tertiary/aromatic N) is 1. The number of ether oxygens (including phenoxy) is 1. The molecule has 0 saturated heterocycles. The molecule has 4 rings (SSSR count). The maximum absolute atomic E-state index is 13.8. The molecule has 3 amide bonds. The van der Waals surface area contributed by atoms with Crippen LogP contribution in [-0.4, -0.2) is 61.6 Å². The van der Waals surface area contributed by atoms with E-state index >= 15 is 0 Å². The first-order valence-electron chi connectivity index (χ1n) is 28.3. The average Bonchev–Trinajstić information content (AvgIpc) is 3.64. The number of nitrogens with one attached hydrogen (secondary N) is 2. The highest BCUT2D eigenvalue weighted by Gasteiger charge is 2.59. The minimum absolute atomic E-state index is 0.0244. The molecule has 0 aliphatic heterocycles. The topological polar surface area (TPSA) is 114 Å². The van der Waals surface area contributed by atoms with Crippen molar-refractivity contribution in [2.75, 3.05) is 32.7 Å². The second-order valence-corrected chi connectivity index (χ2v) is 22.9. The minimum Gasteiger partial charge on any atom is -0.446 e. The standard InChI is InChI=1S/C57H104N4O4/c1-7-8-9-10-11-12-13-14-15-16-17-18-19-20-21-22-23-30-53(62)59-40-24-25-42-61(44-54(63)60-41-27-39-58)55(64)65-48-35-37-56(5)47(43-48)31-32-49-51-34-33-50(46(4)29-26-28-45(2)3)57(51,6)38-36-52(49)56/h31,45-46,48-52H,7-30,32-44,58H2,1-6H3,(H,59,62)(H,60,63)/t46-,48+,49+,50-,51+,52+,56+,57-/m1/s1. The van der Waals surface area contributed by atoms with Crippen molar-refractivity contribution in [2.24, 2.45) is 52.1 Å². The smallest absolute Gasteiger partial charge is 0.410 e. The van der Waals surface area contributed by atoms with Crippen molar-refractivity contribution >= 4 is 17.9 Å². The minimum atomic E-state index is -0.391. The highest BCUT2D eigenvalue weighted by molar-refractivity contribution is 5.82. The molecule has 4 N–H and O–H groups in total. The molecule has 4 aliphatic rings. The third kappa shape index (κ3) is 18.4. The predicted molar refractivity (Wildman–Crippen MR) is 273 cm³/mol. The van der Waals surface area contributed by atoms with Crippen molar-refractivity contribution in [3.8, 4) is 0 Å². The van der Waals surface area contributed by atoms with E-state index in [1.807, 2.05) is 0 Å². The van der Waals surface area contributed by atoms with E-state index in [9.17, 15) is 14.4 Å². The van der Waals surface area contributed by atoms with Crippen LogP contribution < -0.4 is 16.4 Å². The Hall–Kier alpha value is -2.09. The Labute approximate surface area is 400 Å². The summed E-state index contributed by atoms with van der Waals surface area (Å²) in [7, 11) is 0. The fourth-order valence-corrected chi connectivity index (χ4v) is 13.5. The molecule has 0 aromatic carbocycles. The molecule has 65 heavy (non-hydrogen) atoms. The molecule has 8 atom stereocenters. The lowest BCUT2D eigenvalue weighted by molar-refractivity contribution is -0.122. The largest absolute Gasteiger partial charge is 0.446 e. The monoisotopic (exact) mass is 909 g/mol. The van der Waals surface area contributed by atoms with Crippen LogP contribution in [0.15, 0.2) is 11.6 Å². The van der Waals surface area contributed by atoms with Crippen molar-refractivity contribution in [3.05, 3.63) is 11.6 Å². The Morgan fingerprint density at radius 3 is 1.95 bits per heavy atom. The highest BCUT2D eigenvalue weighted by atomic mass is 16.6. The fraction of sp³-hybridized carbons (Fsp3) is 0.912. The van der Waals surface area contributed by atoms with E-state index in [4.69, 9.17) is 10.5 Å². The molecule has 0 unspecified atom stereocenters. The van der Waals surface area contributed by atoms with Gasteiger partial charge in [0.05, 0.1) is 0 Å². The molecule has 0 aromatic heterocycles. The van der Waals surface area contributed by atoms with E-state index < -0.39 is 6.09 Å². The van der Waals surface area contributed by atoms with Crippen LogP contribution in [-0.2, 0) is 14.3 Å². The maximum atomic E-state index is 13.8. The Morgan fingerprint density at radius 2 is 1.32 bits per heavy atom. The van der Waals surface area contributed by atoms with Gasteiger partial charge in [0.2, 0.25) is 11.8 Å². The maximum Gasteiger partial charge on any atom is 0.410 e. The van der Waals surface area contributed by atoms with Crippen molar-refractivity contribution in [1.82, 2.24) is 15.5 Å². The number of amides is 3. The third-order valence-electron chi connectivity index (χ3n) is 17.5. The van der Waals surface area contributed by atoms with Crippen LogP contribution in [0.4, 0.5) is 4.79 Å². The van der Waals surface area contributed by atoms with Gasteiger partial charge in [-0.25, -0.2) is 4.79 Å². The molecule has 4 aliphatic carbocycles. The van der Waals surface area contributed by atoms with Gasteiger partial charge in [-0.05, 0) is 124 Å². The summed E-state index contributed by atoms with van der Waals surface area (Å²) in [5.41, 5.74) is 7.84. The quantitative estimate of drug-likeness (QED) is 0.0440. The Bertz CT molecular complexity index is 1380. The van der Waals surface area contributed by atoms with Gasteiger partial charge in [-0.1, -0.05) is 175 Å². The predicted octanol–water partition coefficient (Wildman–Crippen LogP) is 14.2. The number of hydrogen-bond acceptors (Lipinski definition) is 5. The molecule has 8 nitrogen and oxygen atoms in total. The molecule has 3 saturated carbocycles. The van der Waals surface area contributed by atoms with E-state index in [2.05, 4.69) is 58.3 Å². The summed E-state index contributed by atoms with van der Waals surface area (Å²) < 4.78 is 6.28. The van der Waals surface area contributed by atoms with Crippen molar-refractivity contribution in [3.63, 3.8) is 0 Å². The van der Waals surface area contributed by atoms with E-state index in [0.717, 1.165) is 74.0 Å². The first-order chi connectivity index (χ1) is 31.4. The molecule has 0 aromatic rings. The van der Waals surface area contributed by atoms with Crippen molar-refractivity contribution in [2.45, 2.75) is 253 Å². The molecule has 0 spiro atoms. The highest BCUT2D eigenvalue weighted by Crippen LogP contribution is 2.67. The first kappa shape index (κ1) is 55.5. The summed E-state index contributed by atoms with van der Waals surface area (Å²) in [6.45, 7) is 16.8. The Balaban J connectivity index is 1.13. The summed E-state index contributed by atoms with van der Waals surface area (Å²) in [5.74, 6) is 4.74. The molecular weight excluding hydrogens is 805 g/mol. The van der Waals surface area contributed by atoms with Crippen LogP contribution in [0, 0.1) is 46.3 Å². The van der Waals surface area contributed by atoms with Crippen LogP contribution in [0.25, 0.3) is 0 Å². The zero-order chi connectivity index (χ0) is 46.9. The van der Waals surface area contributed by atoms with Gasteiger partial charge in [-0.2, -0.15) is 0 Å². The summed E-state index contributed by atoms with van der Waals surface area (Å²) in [5, 5.41) is 6.01. The molecule has 8 heteroatoms. The van der Waals surface area contributed by atoms with Gasteiger partial charge >= 0.3 is 6.09 Å². The second kappa shape index (κ2) is 30.4. The number of carbonyl (C=O) groups is 3. The fourth-order valence-electron chi connectivity index (χ4n) is 13.5. The van der Waals surface area contributed by atoms with Crippen LogP contribution >= 0.6 is 0 Å². The van der Waals surface area contributed by atoms with Crippen molar-refractivity contribution in [1.29, 1.82) is 0 Å². The van der Waals surface area contributed by atoms with Gasteiger partial charge in [0.25, 0.3) is 0 Å². The Kier molecular flexibility index (Phi) is 26.0. The normalized spacial score (nSPS) is 26.5. The summed E-state index contributed by atoms with van der Waals surface area (Å²) in [6, 6.07) is 0. The number of carbonyl (C=O) groups excluding carboxylic acids is 3. The summed E-state index contributed by atoms with van der Waals surface area (Å²) in [6.07, 6.45) is 41.0. The number of fused-ring (bicyclic) bond motifs is 5. The van der Waals surface area contributed by atoms with Crippen LogP contribution in [0.3, 0.4) is 0 Å². The lowest BCUT2D eigenvalue weighted by atomic mass is 9.47.